The van der Waals surface area contributed by atoms with E-state index in [4.69, 9.17) is 4.74 Å². The van der Waals surface area contributed by atoms with Crippen molar-refractivity contribution < 1.29 is 9.53 Å². The van der Waals surface area contributed by atoms with Crippen LogP contribution < -0.4 is 10.6 Å². The normalized spacial score (nSPS) is 18.0. The van der Waals surface area contributed by atoms with Crippen molar-refractivity contribution in [2.75, 3.05) is 13.1 Å². The van der Waals surface area contributed by atoms with E-state index in [2.05, 4.69) is 17.6 Å². The zero-order valence-electron chi connectivity index (χ0n) is 12.2. The second kappa shape index (κ2) is 6.98. The van der Waals surface area contributed by atoms with Crippen molar-refractivity contribution in [3.8, 4) is 0 Å². The van der Waals surface area contributed by atoms with Crippen molar-refractivity contribution in [3.05, 3.63) is 0 Å². The number of amides is 1. The Labute approximate surface area is 111 Å². The molecule has 106 valence electrons. The average molecular weight is 256 g/mol. The van der Waals surface area contributed by atoms with Gasteiger partial charge in [-0.25, -0.2) is 4.79 Å². The lowest BCUT2D eigenvalue weighted by atomic mass is 9.80. The Hall–Kier alpha value is -0.770. The highest BCUT2D eigenvalue weighted by atomic mass is 16.6. The van der Waals surface area contributed by atoms with E-state index in [1.165, 1.54) is 19.3 Å². The fourth-order valence-electron chi connectivity index (χ4n) is 2.03. The number of rotatable bonds is 6. The number of alkyl carbamates (subject to hydrolysis) is 1. The Balaban J connectivity index is 1.96. The average Bonchev–Trinajstić information content (AvgIpc) is 2.11. The third-order valence-corrected chi connectivity index (χ3v) is 3.35. The number of ether oxygens (including phenoxy) is 1. The van der Waals surface area contributed by atoms with Crippen molar-refractivity contribution in [1.82, 2.24) is 10.6 Å². The molecule has 0 aromatic rings. The van der Waals surface area contributed by atoms with Gasteiger partial charge in [-0.05, 0) is 59.4 Å². The molecule has 1 saturated carbocycles. The topological polar surface area (TPSA) is 50.4 Å². The molecule has 1 unspecified atom stereocenters. The monoisotopic (exact) mass is 256 g/mol. The van der Waals surface area contributed by atoms with Gasteiger partial charge in [0.05, 0.1) is 0 Å². The van der Waals surface area contributed by atoms with Crippen LogP contribution in [0.1, 0.15) is 53.4 Å². The van der Waals surface area contributed by atoms with Crippen LogP contribution >= 0.6 is 0 Å². The summed E-state index contributed by atoms with van der Waals surface area (Å²) in [5, 5.41) is 6.28. The van der Waals surface area contributed by atoms with Gasteiger partial charge in [-0.1, -0.05) is 6.42 Å². The summed E-state index contributed by atoms with van der Waals surface area (Å²) in [5.41, 5.74) is -0.416. The number of carbonyl (C=O) groups excluding carboxylic acids is 1. The van der Waals surface area contributed by atoms with Crippen LogP contribution in [0.15, 0.2) is 0 Å². The Morgan fingerprint density at radius 3 is 2.50 bits per heavy atom. The van der Waals surface area contributed by atoms with Gasteiger partial charge in [0.2, 0.25) is 0 Å². The van der Waals surface area contributed by atoms with Crippen LogP contribution in [-0.4, -0.2) is 30.8 Å². The molecule has 18 heavy (non-hydrogen) atoms. The van der Waals surface area contributed by atoms with Crippen LogP contribution in [0.2, 0.25) is 0 Å². The number of hydrogen-bond donors (Lipinski definition) is 2. The SMILES string of the molecule is CC(NCCCNC(=O)OC(C)(C)C)C1CCC1. The van der Waals surface area contributed by atoms with Crippen LogP contribution in [0.4, 0.5) is 4.79 Å². The lowest BCUT2D eigenvalue weighted by molar-refractivity contribution is 0.0527. The molecule has 0 radical (unpaired) electrons. The molecule has 0 saturated heterocycles. The van der Waals surface area contributed by atoms with E-state index in [1.807, 2.05) is 20.8 Å². The highest BCUT2D eigenvalue weighted by molar-refractivity contribution is 5.67. The minimum absolute atomic E-state index is 0.324. The second-order valence-electron chi connectivity index (χ2n) is 6.22. The third-order valence-electron chi connectivity index (χ3n) is 3.35. The van der Waals surface area contributed by atoms with E-state index in [-0.39, 0.29) is 6.09 Å². The van der Waals surface area contributed by atoms with Crippen LogP contribution in [0.5, 0.6) is 0 Å². The lowest BCUT2D eigenvalue weighted by Crippen LogP contribution is -2.39. The molecular formula is C14H28N2O2. The van der Waals surface area contributed by atoms with Crippen molar-refractivity contribution in [2.24, 2.45) is 5.92 Å². The smallest absolute Gasteiger partial charge is 0.407 e. The van der Waals surface area contributed by atoms with Crippen LogP contribution in [0.25, 0.3) is 0 Å². The third kappa shape index (κ3) is 6.24. The van der Waals surface area contributed by atoms with Crippen molar-refractivity contribution >= 4 is 6.09 Å². The maximum Gasteiger partial charge on any atom is 0.407 e. The Kier molecular flexibility index (Phi) is 5.93. The van der Waals surface area contributed by atoms with Crippen LogP contribution in [0.3, 0.4) is 0 Å². The summed E-state index contributed by atoms with van der Waals surface area (Å²) in [6, 6.07) is 0.611. The molecule has 0 aromatic heterocycles. The van der Waals surface area contributed by atoms with Crippen LogP contribution in [-0.2, 0) is 4.74 Å². The van der Waals surface area contributed by atoms with Gasteiger partial charge >= 0.3 is 6.09 Å². The van der Waals surface area contributed by atoms with Gasteiger partial charge in [-0.2, -0.15) is 0 Å². The Morgan fingerprint density at radius 2 is 2.00 bits per heavy atom. The highest BCUT2D eigenvalue weighted by Gasteiger charge is 2.23. The maximum absolute atomic E-state index is 11.4. The fourth-order valence-corrected chi connectivity index (χ4v) is 2.03. The van der Waals surface area contributed by atoms with E-state index in [1.54, 1.807) is 0 Å². The predicted octanol–water partition coefficient (Wildman–Crippen LogP) is 2.68. The van der Waals surface area contributed by atoms with Crippen molar-refractivity contribution in [1.29, 1.82) is 0 Å². The van der Waals surface area contributed by atoms with E-state index in [9.17, 15) is 4.79 Å². The molecular weight excluding hydrogens is 228 g/mol. The molecule has 2 N–H and O–H groups in total. The Morgan fingerprint density at radius 1 is 1.33 bits per heavy atom. The van der Waals surface area contributed by atoms with Gasteiger partial charge in [0, 0.05) is 12.6 Å². The summed E-state index contributed by atoms with van der Waals surface area (Å²) >= 11 is 0. The molecule has 1 aliphatic rings. The maximum atomic E-state index is 11.4. The first kappa shape index (κ1) is 15.3. The minimum Gasteiger partial charge on any atom is -0.444 e. The standard InChI is InChI=1S/C14H28N2O2/c1-11(12-7-5-8-12)15-9-6-10-16-13(17)18-14(2,3)4/h11-12,15H,5-10H2,1-4H3,(H,16,17). The molecule has 1 rings (SSSR count). The molecule has 4 heteroatoms. The first-order valence-corrected chi connectivity index (χ1v) is 7.09. The molecule has 0 aromatic carbocycles. The van der Waals surface area contributed by atoms with Gasteiger partial charge in [0.15, 0.2) is 0 Å². The molecule has 0 aliphatic heterocycles. The molecule has 1 amide bonds. The zero-order chi connectivity index (χ0) is 13.6. The van der Waals surface area contributed by atoms with Crippen LogP contribution in [0, 0.1) is 5.92 Å². The first-order chi connectivity index (χ1) is 8.38. The van der Waals surface area contributed by atoms with Gasteiger partial charge in [0.1, 0.15) is 5.60 Å². The highest BCUT2D eigenvalue weighted by Crippen LogP contribution is 2.29. The second-order valence-corrected chi connectivity index (χ2v) is 6.22. The molecule has 1 fully saturated rings. The molecule has 0 spiro atoms. The largest absolute Gasteiger partial charge is 0.444 e. The van der Waals surface area contributed by atoms with E-state index in [0.717, 1.165) is 18.9 Å². The summed E-state index contributed by atoms with van der Waals surface area (Å²) in [6.45, 7) is 9.48. The molecule has 0 bridgehead atoms. The number of nitrogens with one attached hydrogen (secondary N) is 2. The first-order valence-electron chi connectivity index (χ1n) is 7.09. The Bertz CT molecular complexity index is 257. The summed E-state index contributed by atoms with van der Waals surface area (Å²) in [5.74, 6) is 0.865. The van der Waals surface area contributed by atoms with Gasteiger partial charge in [-0.15, -0.1) is 0 Å². The predicted molar refractivity (Wildman–Crippen MR) is 73.7 cm³/mol. The zero-order valence-corrected chi connectivity index (χ0v) is 12.2. The molecule has 1 aliphatic carbocycles. The summed E-state index contributed by atoms with van der Waals surface area (Å²) < 4.78 is 5.16. The summed E-state index contributed by atoms with van der Waals surface area (Å²) in [6.07, 6.45) is 4.73. The van der Waals surface area contributed by atoms with E-state index >= 15 is 0 Å². The lowest BCUT2D eigenvalue weighted by Gasteiger charge is -2.32. The number of carbonyl (C=O) groups is 1. The van der Waals surface area contributed by atoms with E-state index < -0.39 is 5.60 Å². The number of hydrogen-bond acceptors (Lipinski definition) is 3. The van der Waals surface area contributed by atoms with Crippen molar-refractivity contribution in [3.63, 3.8) is 0 Å². The van der Waals surface area contributed by atoms with Gasteiger partial charge in [0.25, 0.3) is 0 Å². The minimum atomic E-state index is -0.416. The van der Waals surface area contributed by atoms with Crippen molar-refractivity contribution in [2.45, 2.75) is 65.0 Å². The van der Waals surface area contributed by atoms with Gasteiger partial charge in [-0.3, -0.25) is 0 Å². The quantitative estimate of drug-likeness (QED) is 0.718. The summed E-state index contributed by atoms with van der Waals surface area (Å²) in [7, 11) is 0. The summed E-state index contributed by atoms with van der Waals surface area (Å²) in [4.78, 5) is 11.4. The van der Waals surface area contributed by atoms with E-state index in [0.29, 0.717) is 12.6 Å². The van der Waals surface area contributed by atoms with Gasteiger partial charge < -0.3 is 15.4 Å². The molecule has 4 nitrogen and oxygen atoms in total. The molecule has 1 atom stereocenters. The molecule has 0 heterocycles. The fraction of sp³-hybridized carbons (Fsp3) is 0.929.